The van der Waals surface area contributed by atoms with Gasteiger partial charge in [0, 0.05) is 18.8 Å². The Hall–Kier alpha value is -1.84. The number of hydrogen-bond acceptors (Lipinski definition) is 5. The second-order valence-corrected chi connectivity index (χ2v) is 6.83. The lowest BCUT2D eigenvalue weighted by atomic mass is 10.3. The number of aryl methyl sites for hydroxylation is 2. The summed E-state index contributed by atoms with van der Waals surface area (Å²) in [5.74, 6) is 2.93. The number of aromatic nitrogens is 2. The zero-order valence-corrected chi connectivity index (χ0v) is 19.2. The summed E-state index contributed by atoms with van der Waals surface area (Å²) in [6.07, 6.45) is 6.94. The number of hydrogen-bond donors (Lipinski definition) is 2. The summed E-state index contributed by atoms with van der Waals surface area (Å²) in [6.45, 7) is 7.70. The fourth-order valence-electron chi connectivity index (χ4n) is 3.04. The maximum atomic E-state index is 5.90. The van der Waals surface area contributed by atoms with Gasteiger partial charge in [-0.3, -0.25) is 0 Å². The van der Waals surface area contributed by atoms with Crippen LogP contribution < -0.4 is 15.4 Å². The third-order valence-electron chi connectivity index (χ3n) is 4.63. The second kappa shape index (κ2) is 11.2. The van der Waals surface area contributed by atoms with Gasteiger partial charge in [0.05, 0.1) is 18.8 Å². The van der Waals surface area contributed by atoms with Crippen LogP contribution in [0.3, 0.4) is 0 Å². The Morgan fingerprint density at radius 3 is 2.64 bits per heavy atom. The minimum Gasteiger partial charge on any atom is -0.474 e. The molecule has 2 aromatic rings. The van der Waals surface area contributed by atoms with Crippen molar-refractivity contribution in [2.75, 3.05) is 6.54 Å². The molecule has 0 amide bonds. The molecule has 0 aromatic carbocycles. The van der Waals surface area contributed by atoms with Crippen LogP contribution in [0.25, 0.3) is 0 Å². The zero-order chi connectivity index (χ0) is 19.1. The van der Waals surface area contributed by atoms with Gasteiger partial charge in [0.2, 0.25) is 11.8 Å². The van der Waals surface area contributed by atoms with Crippen LogP contribution in [0, 0.1) is 13.8 Å². The number of guanidine groups is 1. The highest BCUT2D eigenvalue weighted by Gasteiger charge is 2.16. The van der Waals surface area contributed by atoms with Crippen molar-refractivity contribution in [1.82, 2.24) is 20.6 Å². The van der Waals surface area contributed by atoms with Crippen LogP contribution in [-0.4, -0.2) is 28.6 Å². The van der Waals surface area contributed by atoms with Crippen molar-refractivity contribution in [3.63, 3.8) is 0 Å². The summed E-state index contributed by atoms with van der Waals surface area (Å²) in [7, 11) is 0. The average molecular weight is 499 g/mol. The number of aliphatic imine (C=N–C) groups is 1. The molecule has 3 rings (SSSR count). The quantitative estimate of drug-likeness (QED) is 0.342. The number of nitrogens with one attached hydrogen (secondary N) is 2. The Morgan fingerprint density at radius 2 is 2.04 bits per heavy atom. The fourth-order valence-corrected chi connectivity index (χ4v) is 3.04. The van der Waals surface area contributed by atoms with Crippen molar-refractivity contribution in [1.29, 1.82) is 0 Å². The number of rotatable bonds is 7. The van der Waals surface area contributed by atoms with E-state index in [0.717, 1.165) is 42.4 Å². The van der Waals surface area contributed by atoms with E-state index in [9.17, 15) is 0 Å². The van der Waals surface area contributed by atoms with E-state index in [1.165, 1.54) is 12.8 Å². The molecule has 0 aliphatic heterocycles. The Labute approximate surface area is 183 Å². The minimum absolute atomic E-state index is 0. The van der Waals surface area contributed by atoms with E-state index in [1.807, 2.05) is 39.1 Å². The first-order chi connectivity index (χ1) is 13.1. The number of nitrogens with zero attached hydrogens (tertiary/aromatic N) is 3. The predicted octanol–water partition coefficient (Wildman–Crippen LogP) is 3.88. The van der Waals surface area contributed by atoms with E-state index in [1.54, 1.807) is 0 Å². The van der Waals surface area contributed by atoms with E-state index in [0.29, 0.717) is 31.0 Å². The van der Waals surface area contributed by atoms with Gasteiger partial charge in [-0.05, 0) is 52.0 Å². The van der Waals surface area contributed by atoms with Crippen LogP contribution in [0.1, 0.15) is 55.5 Å². The van der Waals surface area contributed by atoms with E-state index in [2.05, 4.69) is 25.6 Å². The molecule has 0 atom stereocenters. The van der Waals surface area contributed by atoms with Crippen LogP contribution in [-0.2, 0) is 13.1 Å². The van der Waals surface area contributed by atoms with Crippen molar-refractivity contribution in [2.45, 2.75) is 65.6 Å². The summed E-state index contributed by atoms with van der Waals surface area (Å²) >= 11 is 0. The monoisotopic (exact) mass is 499 g/mol. The van der Waals surface area contributed by atoms with Crippen molar-refractivity contribution >= 4 is 29.9 Å². The van der Waals surface area contributed by atoms with Crippen LogP contribution >= 0.6 is 24.0 Å². The zero-order valence-electron chi connectivity index (χ0n) is 16.8. The van der Waals surface area contributed by atoms with Crippen LogP contribution in [0.2, 0.25) is 0 Å². The van der Waals surface area contributed by atoms with Crippen molar-refractivity contribution in [3.05, 3.63) is 41.2 Å². The summed E-state index contributed by atoms with van der Waals surface area (Å²) in [4.78, 5) is 13.4. The second-order valence-electron chi connectivity index (χ2n) is 6.83. The predicted molar refractivity (Wildman–Crippen MR) is 120 cm³/mol. The first-order valence-electron chi connectivity index (χ1n) is 9.70. The molecule has 8 heteroatoms. The smallest absolute Gasteiger partial charge is 0.214 e. The maximum absolute atomic E-state index is 5.90. The molecular weight excluding hydrogens is 469 g/mol. The number of pyridine rings is 1. The van der Waals surface area contributed by atoms with Crippen molar-refractivity contribution in [3.8, 4) is 5.88 Å². The fraction of sp³-hybridized carbons (Fsp3) is 0.550. The molecule has 0 spiro atoms. The first kappa shape index (κ1) is 22.4. The molecule has 2 aromatic heterocycles. The molecule has 1 saturated carbocycles. The molecule has 1 aliphatic carbocycles. The number of ether oxygens (including phenoxy) is 1. The highest BCUT2D eigenvalue weighted by atomic mass is 127. The van der Waals surface area contributed by atoms with Crippen LogP contribution in [0.5, 0.6) is 5.88 Å². The lowest BCUT2D eigenvalue weighted by Crippen LogP contribution is -2.36. The van der Waals surface area contributed by atoms with Gasteiger partial charge in [-0.25, -0.2) is 15.0 Å². The number of oxazole rings is 1. The van der Waals surface area contributed by atoms with Crippen LogP contribution in [0.4, 0.5) is 0 Å². The highest BCUT2D eigenvalue weighted by molar-refractivity contribution is 14.0. The van der Waals surface area contributed by atoms with Gasteiger partial charge in [0.25, 0.3) is 0 Å². The third-order valence-corrected chi connectivity index (χ3v) is 4.63. The van der Waals surface area contributed by atoms with E-state index < -0.39 is 0 Å². The lowest BCUT2D eigenvalue weighted by molar-refractivity contribution is 0.201. The van der Waals surface area contributed by atoms with Gasteiger partial charge in [-0.1, -0.05) is 6.07 Å². The first-order valence-corrected chi connectivity index (χ1v) is 9.70. The molecule has 0 saturated heterocycles. The summed E-state index contributed by atoms with van der Waals surface area (Å²) in [5, 5.41) is 6.47. The summed E-state index contributed by atoms with van der Waals surface area (Å²) < 4.78 is 11.5. The van der Waals surface area contributed by atoms with Crippen molar-refractivity contribution in [2.24, 2.45) is 4.99 Å². The summed E-state index contributed by atoms with van der Waals surface area (Å²) in [5.41, 5.74) is 1.95. The standard InChI is InChI=1S/C20H29N5O2.HI/c1-4-21-20(24-13-19-25-14(2)15(3)26-19)23-12-16-9-10-18(22-11-16)27-17-7-5-6-8-17;/h9-11,17H,4-8,12-13H2,1-3H3,(H2,21,23,24);1H. The summed E-state index contributed by atoms with van der Waals surface area (Å²) in [6, 6.07) is 3.95. The third kappa shape index (κ3) is 6.65. The number of halogens is 1. The molecule has 0 unspecified atom stereocenters. The van der Waals surface area contributed by atoms with E-state index in [4.69, 9.17) is 9.15 Å². The highest BCUT2D eigenvalue weighted by Crippen LogP contribution is 2.22. The molecule has 7 nitrogen and oxygen atoms in total. The van der Waals surface area contributed by atoms with Gasteiger partial charge in [0.1, 0.15) is 11.9 Å². The Bertz CT molecular complexity index is 735. The minimum atomic E-state index is 0. The Balaban J connectivity index is 0.00000280. The molecular formula is C20H30IN5O2. The Kier molecular flexibility index (Phi) is 9.01. The van der Waals surface area contributed by atoms with Gasteiger partial charge in [-0.15, -0.1) is 24.0 Å². The molecule has 2 heterocycles. The molecule has 0 bridgehead atoms. The molecule has 28 heavy (non-hydrogen) atoms. The van der Waals surface area contributed by atoms with Gasteiger partial charge in [-0.2, -0.15) is 0 Å². The largest absolute Gasteiger partial charge is 0.474 e. The SMILES string of the molecule is CCNC(=NCc1ccc(OC2CCCC2)nc1)NCc1nc(C)c(C)o1.I. The normalized spacial score (nSPS) is 14.6. The maximum Gasteiger partial charge on any atom is 0.214 e. The van der Waals surface area contributed by atoms with Gasteiger partial charge >= 0.3 is 0 Å². The lowest BCUT2D eigenvalue weighted by Gasteiger charge is -2.12. The van der Waals surface area contributed by atoms with E-state index in [-0.39, 0.29) is 24.0 Å². The van der Waals surface area contributed by atoms with Crippen molar-refractivity contribution < 1.29 is 9.15 Å². The topological polar surface area (TPSA) is 84.6 Å². The van der Waals surface area contributed by atoms with E-state index >= 15 is 0 Å². The van der Waals surface area contributed by atoms with Gasteiger partial charge in [0.15, 0.2) is 5.96 Å². The molecule has 1 aliphatic rings. The molecule has 0 radical (unpaired) electrons. The molecule has 154 valence electrons. The average Bonchev–Trinajstić information content (AvgIpc) is 3.28. The Morgan fingerprint density at radius 1 is 1.25 bits per heavy atom. The molecule has 1 fully saturated rings. The van der Waals surface area contributed by atoms with Crippen LogP contribution in [0.15, 0.2) is 27.7 Å². The van der Waals surface area contributed by atoms with Gasteiger partial charge < -0.3 is 19.8 Å². The molecule has 2 N–H and O–H groups in total.